The predicted octanol–water partition coefficient (Wildman–Crippen LogP) is 15.1. The molecule has 0 aliphatic rings. The number of aliphatic hydroxyl groups is 1. The molecule has 60 heavy (non-hydrogen) atoms. The molecule has 0 aliphatic carbocycles. The zero-order valence-corrected chi connectivity index (χ0v) is 39.8. The van der Waals surface area contributed by atoms with E-state index in [1.807, 2.05) is 80.9 Å². The average molecular weight is 1000 g/mol. The number of rotatable bonds is 11. The van der Waals surface area contributed by atoms with Crippen LogP contribution in [0, 0.1) is 50.9 Å². The van der Waals surface area contributed by atoms with Gasteiger partial charge in [-0.1, -0.05) is 109 Å². The molecule has 3 heterocycles. The minimum absolute atomic E-state index is 0. The number of aromatic nitrogens is 1. The molecular formula is C53H59FIrNO3S-. The van der Waals surface area contributed by atoms with Crippen LogP contribution in [-0.2, 0) is 31.3 Å². The second-order valence-electron chi connectivity index (χ2n) is 17.2. The fourth-order valence-electron chi connectivity index (χ4n) is 8.10. The van der Waals surface area contributed by atoms with Crippen molar-refractivity contribution in [2.75, 3.05) is 0 Å². The zero-order valence-electron chi connectivity index (χ0n) is 36.6. The van der Waals surface area contributed by atoms with Crippen LogP contribution in [0.3, 0.4) is 0 Å². The van der Waals surface area contributed by atoms with E-state index in [1.54, 1.807) is 0 Å². The van der Waals surface area contributed by atoms with Gasteiger partial charge in [0.15, 0.2) is 5.78 Å². The first-order valence-corrected chi connectivity index (χ1v) is 21.8. The van der Waals surface area contributed by atoms with E-state index in [0.29, 0.717) is 10.3 Å². The molecule has 0 fully saturated rings. The maximum atomic E-state index is 16.3. The molecule has 0 atom stereocenters. The number of furan rings is 1. The van der Waals surface area contributed by atoms with Gasteiger partial charge in [-0.2, -0.15) is 18.1 Å². The van der Waals surface area contributed by atoms with Gasteiger partial charge < -0.3 is 14.1 Å². The van der Waals surface area contributed by atoms with Crippen LogP contribution >= 0.6 is 11.3 Å². The standard InChI is InChI=1S/C40H35FNOS.C13H24O2.Ir/c1-23-18-24(2)25(3)33(19-23)37-39-32(16-17-42(37)7)31-15-14-30(36(41)38(31)44-39)27-10-12-28(13-11-27)35-21-29-9-8-26(20-34(29)43-35)22-40(4,5)6;1-5-10(6-2)12(14)9-13(15)11(7-3)8-4;/h8-21H,3,7,22H2,1-2,4-6H3;9-11,14H,5-8H2,1-4H3;/q-1;;/b;12-9-;. The summed E-state index contributed by atoms with van der Waals surface area (Å²) in [5.74, 6) is 1.15. The summed E-state index contributed by atoms with van der Waals surface area (Å²) in [4.78, 5) is 11.7. The first-order valence-electron chi connectivity index (χ1n) is 21.0. The van der Waals surface area contributed by atoms with Gasteiger partial charge in [-0.15, -0.1) is 29.0 Å². The number of allylic oxidation sites excluding steroid dienone is 2. The quantitative estimate of drug-likeness (QED) is 0.0608. The number of thiophene rings is 1. The molecule has 3 aromatic heterocycles. The monoisotopic (exact) mass is 1000 g/mol. The Kier molecular flexibility index (Phi) is 15.0. The zero-order chi connectivity index (χ0) is 42.8. The van der Waals surface area contributed by atoms with Gasteiger partial charge in [-0.3, -0.25) is 4.79 Å². The minimum atomic E-state index is -0.205. The van der Waals surface area contributed by atoms with Gasteiger partial charge in [-0.05, 0) is 79.2 Å². The van der Waals surface area contributed by atoms with Crippen LogP contribution in [-0.4, -0.2) is 10.9 Å². The molecular weight excluding hydrogens is 942 g/mol. The van der Waals surface area contributed by atoms with Crippen molar-refractivity contribution in [3.63, 3.8) is 0 Å². The maximum Gasteiger partial charge on any atom is 0.162 e. The van der Waals surface area contributed by atoms with Crippen LogP contribution < -0.4 is 4.57 Å². The van der Waals surface area contributed by atoms with E-state index < -0.39 is 0 Å². The average Bonchev–Trinajstić information content (AvgIpc) is 3.79. The summed E-state index contributed by atoms with van der Waals surface area (Å²) in [5, 5.41) is 12.8. The minimum Gasteiger partial charge on any atom is -0.512 e. The molecule has 4 aromatic carbocycles. The van der Waals surface area contributed by atoms with Crippen molar-refractivity contribution in [3.05, 3.63) is 139 Å². The Labute approximate surface area is 373 Å². The topological polar surface area (TPSA) is 54.3 Å². The van der Waals surface area contributed by atoms with Crippen LogP contribution in [0.25, 0.3) is 64.8 Å². The van der Waals surface area contributed by atoms with Gasteiger partial charge in [0, 0.05) is 71.7 Å². The molecule has 4 nitrogen and oxygen atoms in total. The van der Waals surface area contributed by atoms with Gasteiger partial charge in [0.1, 0.15) is 17.2 Å². The van der Waals surface area contributed by atoms with Crippen molar-refractivity contribution in [2.45, 2.75) is 94.4 Å². The second-order valence-corrected chi connectivity index (χ2v) is 18.2. The number of aliphatic hydroxyl groups excluding tert-OH is 1. The normalized spacial score (nSPS) is 12.0. The summed E-state index contributed by atoms with van der Waals surface area (Å²) in [7, 11) is 4.26. The summed E-state index contributed by atoms with van der Waals surface area (Å²) < 4.78 is 26.1. The summed E-state index contributed by atoms with van der Waals surface area (Å²) in [6, 6.07) is 26.8. The van der Waals surface area contributed by atoms with Gasteiger partial charge in [0.25, 0.3) is 0 Å². The predicted molar refractivity (Wildman–Crippen MR) is 247 cm³/mol. The SMILES string of the molecule is CCC(CC)C(=O)/C=C(\O)C(CC)CC.[CH2-]c1c(C)cc(C)cc1-c1c2sc3c(F)c(-c4ccc(-c5cc6ccc(CC(C)(C)C)cc6o5)cc4)ccc3c2cc[n+]1[CH2-].[Ir]. The Morgan fingerprint density at radius 2 is 1.47 bits per heavy atom. The fourth-order valence-corrected chi connectivity index (χ4v) is 9.40. The first kappa shape index (κ1) is 46.4. The summed E-state index contributed by atoms with van der Waals surface area (Å²) >= 11 is 1.48. The number of benzene rings is 4. The Morgan fingerprint density at radius 1 is 0.833 bits per heavy atom. The molecule has 7 heteroatoms. The van der Waals surface area contributed by atoms with Crippen molar-refractivity contribution < 1.29 is 43.4 Å². The number of carbonyl (C=O) groups excluding carboxylic acids is 1. The van der Waals surface area contributed by atoms with Crippen LogP contribution in [0.1, 0.15) is 96.4 Å². The van der Waals surface area contributed by atoms with Crippen molar-refractivity contribution in [2.24, 2.45) is 17.3 Å². The molecule has 0 saturated carbocycles. The number of ketones is 1. The Hall–Kier alpha value is -4.68. The summed E-state index contributed by atoms with van der Waals surface area (Å²) in [6.45, 7) is 23.3. The molecule has 317 valence electrons. The third-order valence-corrected chi connectivity index (χ3v) is 12.7. The number of nitrogens with zero attached hydrogens (tertiary/aromatic N) is 1. The Balaban J connectivity index is 0.000000367. The van der Waals surface area contributed by atoms with Crippen LogP contribution in [0.5, 0.6) is 0 Å². The van der Waals surface area contributed by atoms with Gasteiger partial charge in [0.05, 0.1) is 22.3 Å². The van der Waals surface area contributed by atoms with Crippen LogP contribution in [0.4, 0.5) is 4.39 Å². The van der Waals surface area contributed by atoms with Crippen molar-refractivity contribution in [1.29, 1.82) is 0 Å². The maximum absolute atomic E-state index is 16.3. The number of halogens is 1. The summed E-state index contributed by atoms with van der Waals surface area (Å²) in [6.07, 6.45) is 7.85. The van der Waals surface area contributed by atoms with Crippen LogP contribution in [0.15, 0.2) is 101 Å². The van der Waals surface area contributed by atoms with E-state index in [4.69, 9.17) is 4.42 Å². The molecule has 0 bridgehead atoms. The third kappa shape index (κ3) is 9.92. The molecule has 0 unspecified atom stereocenters. The van der Waals surface area contributed by atoms with E-state index in [0.717, 1.165) is 103 Å². The van der Waals surface area contributed by atoms with E-state index in [1.165, 1.54) is 23.0 Å². The van der Waals surface area contributed by atoms with Crippen molar-refractivity contribution in [1.82, 2.24) is 0 Å². The molecule has 7 aromatic rings. The smallest absolute Gasteiger partial charge is 0.162 e. The Morgan fingerprint density at radius 3 is 2.10 bits per heavy atom. The van der Waals surface area contributed by atoms with Crippen molar-refractivity contribution >= 4 is 48.3 Å². The van der Waals surface area contributed by atoms with E-state index in [9.17, 15) is 9.90 Å². The molecule has 7 rings (SSSR count). The molecule has 1 N–H and O–H groups in total. The van der Waals surface area contributed by atoms with Crippen LogP contribution in [0.2, 0.25) is 0 Å². The van der Waals surface area contributed by atoms with E-state index in [2.05, 4.69) is 85.0 Å². The van der Waals surface area contributed by atoms with E-state index >= 15 is 4.39 Å². The Bertz CT molecular complexity index is 2650. The largest absolute Gasteiger partial charge is 0.512 e. The third-order valence-electron chi connectivity index (χ3n) is 11.5. The number of hydrogen-bond acceptors (Lipinski definition) is 4. The number of pyridine rings is 1. The number of carbonyl (C=O) groups is 1. The number of aryl methyl sites for hydroxylation is 2. The number of fused-ring (bicyclic) bond motifs is 4. The van der Waals surface area contributed by atoms with Gasteiger partial charge >= 0.3 is 0 Å². The molecule has 0 amide bonds. The van der Waals surface area contributed by atoms with Gasteiger partial charge in [-0.25, -0.2) is 4.39 Å². The molecule has 1 radical (unpaired) electrons. The fraction of sp³-hybridized carbons (Fsp3) is 0.321. The summed E-state index contributed by atoms with van der Waals surface area (Å²) in [5.41, 5.74) is 9.99. The second kappa shape index (κ2) is 19.4. The molecule has 0 saturated heterocycles. The van der Waals surface area contributed by atoms with Crippen molar-refractivity contribution in [3.8, 4) is 33.7 Å². The van der Waals surface area contributed by atoms with Gasteiger partial charge in [0.2, 0.25) is 0 Å². The first-order chi connectivity index (χ1) is 28.1. The van der Waals surface area contributed by atoms with E-state index in [-0.39, 0.29) is 54.7 Å². The molecule has 0 spiro atoms. The molecule has 0 aliphatic heterocycles. The number of hydrogen-bond donors (Lipinski definition) is 1.